The van der Waals surface area contributed by atoms with Crippen molar-refractivity contribution in [1.82, 2.24) is 4.98 Å². The fourth-order valence-corrected chi connectivity index (χ4v) is 2.64. The van der Waals surface area contributed by atoms with E-state index in [-0.39, 0.29) is 11.5 Å². The monoisotopic (exact) mass is 355 g/mol. The Kier molecular flexibility index (Phi) is 3.62. The number of aryl methyl sites for hydroxylation is 1. The van der Waals surface area contributed by atoms with E-state index in [1.54, 1.807) is 18.3 Å². The van der Waals surface area contributed by atoms with Crippen molar-refractivity contribution < 1.29 is 10.2 Å². The number of phenolic OH excluding ortho intramolecular Hbond substituents is 2. The molecule has 22 heavy (non-hydrogen) atoms. The summed E-state index contributed by atoms with van der Waals surface area (Å²) < 4.78 is 0.977. The maximum atomic E-state index is 10.6. The summed E-state index contributed by atoms with van der Waals surface area (Å²) in [5.41, 5.74) is 2.18. The van der Waals surface area contributed by atoms with Gasteiger partial charge in [-0.15, -0.1) is 0 Å². The number of pyridine rings is 1. The van der Waals surface area contributed by atoms with E-state index in [2.05, 4.69) is 27.5 Å². The van der Waals surface area contributed by atoms with Crippen LogP contribution in [0.4, 0.5) is 0 Å². The van der Waals surface area contributed by atoms with Crippen LogP contribution in [-0.4, -0.2) is 15.2 Å². The van der Waals surface area contributed by atoms with Crippen LogP contribution in [0.2, 0.25) is 0 Å². The number of rotatable bonds is 1. The van der Waals surface area contributed by atoms with Gasteiger partial charge in [-0.2, -0.15) is 0 Å². The Balaban J connectivity index is 2.39. The fourth-order valence-electron chi connectivity index (χ4n) is 2.38. The van der Waals surface area contributed by atoms with Crippen molar-refractivity contribution in [3.8, 4) is 11.5 Å². The third-order valence-corrected chi connectivity index (χ3v) is 4.08. The highest BCUT2D eigenvalue weighted by Gasteiger charge is 2.10. The van der Waals surface area contributed by atoms with E-state index in [1.807, 2.05) is 31.2 Å². The van der Waals surface area contributed by atoms with E-state index in [9.17, 15) is 10.2 Å². The molecule has 2 aromatic carbocycles. The van der Waals surface area contributed by atoms with Crippen LogP contribution in [0.25, 0.3) is 23.6 Å². The molecule has 0 atom stereocenters. The van der Waals surface area contributed by atoms with Gasteiger partial charge in [0.05, 0.1) is 0 Å². The van der Waals surface area contributed by atoms with Crippen LogP contribution < -0.4 is 10.4 Å². The first-order valence-corrected chi connectivity index (χ1v) is 7.53. The Labute approximate surface area is 136 Å². The third kappa shape index (κ3) is 2.46. The number of nitrogens with zero attached hydrogens (tertiary/aromatic N) is 1. The van der Waals surface area contributed by atoms with Crippen LogP contribution in [0.3, 0.4) is 0 Å². The molecule has 0 saturated heterocycles. The van der Waals surface area contributed by atoms with Crippen LogP contribution in [0, 0.1) is 6.92 Å². The molecule has 0 amide bonds. The molecule has 4 heteroatoms. The van der Waals surface area contributed by atoms with Crippen molar-refractivity contribution in [2.45, 2.75) is 6.92 Å². The summed E-state index contributed by atoms with van der Waals surface area (Å²) in [6.07, 6.45) is 3.45. The SMILES string of the molecule is C=c1c(O)c2ncc(C)cc2c(O)/c1=C/c1ccc(Br)cc1. The molecule has 3 aromatic rings. The van der Waals surface area contributed by atoms with Crippen LogP contribution in [0.15, 0.2) is 41.0 Å². The second-order valence-electron chi connectivity index (χ2n) is 5.19. The minimum absolute atomic E-state index is 0.00355. The summed E-state index contributed by atoms with van der Waals surface area (Å²) in [4.78, 5) is 4.19. The lowest BCUT2D eigenvalue weighted by Crippen LogP contribution is -2.24. The lowest BCUT2D eigenvalue weighted by atomic mass is 10.1. The number of hydrogen-bond acceptors (Lipinski definition) is 3. The Morgan fingerprint density at radius 2 is 1.82 bits per heavy atom. The Morgan fingerprint density at radius 3 is 2.50 bits per heavy atom. The molecule has 2 N–H and O–H groups in total. The van der Waals surface area contributed by atoms with Crippen molar-refractivity contribution in [3.63, 3.8) is 0 Å². The zero-order valence-corrected chi connectivity index (χ0v) is 13.6. The molecule has 0 unspecified atom stereocenters. The molecule has 3 rings (SSSR count). The number of halogens is 1. The summed E-state index contributed by atoms with van der Waals surface area (Å²) in [6.45, 7) is 5.76. The van der Waals surface area contributed by atoms with Gasteiger partial charge in [-0.1, -0.05) is 34.6 Å². The fraction of sp³-hybridized carbons (Fsp3) is 0.0556. The first-order chi connectivity index (χ1) is 10.5. The molecule has 0 radical (unpaired) electrons. The van der Waals surface area contributed by atoms with Gasteiger partial charge in [-0.3, -0.25) is 4.98 Å². The average molecular weight is 356 g/mol. The van der Waals surface area contributed by atoms with Crippen molar-refractivity contribution in [2.24, 2.45) is 0 Å². The van der Waals surface area contributed by atoms with E-state index >= 15 is 0 Å². The second kappa shape index (κ2) is 5.46. The quantitative estimate of drug-likeness (QED) is 0.660. The first-order valence-electron chi connectivity index (χ1n) is 6.74. The minimum atomic E-state index is -0.00355. The molecular formula is C18H14BrNO2. The van der Waals surface area contributed by atoms with Crippen molar-refractivity contribution in [2.75, 3.05) is 0 Å². The van der Waals surface area contributed by atoms with Crippen molar-refractivity contribution in [3.05, 3.63) is 62.6 Å². The maximum Gasteiger partial charge on any atom is 0.149 e. The van der Waals surface area contributed by atoms with Crippen molar-refractivity contribution in [1.29, 1.82) is 0 Å². The van der Waals surface area contributed by atoms with Crippen LogP contribution in [0.5, 0.6) is 11.5 Å². The summed E-state index contributed by atoms with van der Waals surface area (Å²) in [5.74, 6) is 0.0769. The molecule has 0 aliphatic carbocycles. The van der Waals surface area contributed by atoms with E-state index in [4.69, 9.17) is 0 Å². The van der Waals surface area contributed by atoms with Gasteiger partial charge in [-0.05, 0) is 42.3 Å². The Morgan fingerprint density at radius 1 is 1.14 bits per heavy atom. The highest BCUT2D eigenvalue weighted by atomic mass is 79.9. The minimum Gasteiger partial charge on any atom is -0.507 e. The van der Waals surface area contributed by atoms with Crippen LogP contribution in [-0.2, 0) is 0 Å². The molecule has 0 fully saturated rings. The van der Waals surface area contributed by atoms with Crippen LogP contribution >= 0.6 is 15.9 Å². The molecular weight excluding hydrogens is 342 g/mol. The molecule has 1 heterocycles. The zero-order chi connectivity index (χ0) is 15.9. The zero-order valence-electron chi connectivity index (χ0n) is 12.0. The average Bonchev–Trinajstić information content (AvgIpc) is 2.51. The molecule has 0 aliphatic rings. The normalized spacial score (nSPS) is 12.0. The van der Waals surface area contributed by atoms with E-state index in [0.29, 0.717) is 21.3 Å². The molecule has 0 aliphatic heterocycles. The highest BCUT2D eigenvalue weighted by molar-refractivity contribution is 9.10. The standard InChI is InChI=1S/C18H14BrNO2/c1-10-7-15-16(20-9-10)17(21)11(2)14(18(15)22)8-12-3-5-13(19)6-4-12/h3-9,21-22H,2H2,1H3/b14-8+. The highest BCUT2D eigenvalue weighted by Crippen LogP contribution is 2.25. The van der Waals surface area contributed by atoms with E-state index < -0.39 is 0 Å². The largest absolute Gasteiger partial charge is 0.507 e. The maximum absolute atomic E-state index is 10.6. The predicted octanol–water partition coefficient (Wildman–Crippen LogP) is 2.96. The first kappa shape index (κ1) is 14.6. The molecule has 0 bridgehead atoms. The van der Waals surface area contributed by atoms with Gasteiger partial charge >= 0.3 is 0 Å². The molecule has 110 valence electrons. The van der Waals surface area contributed by atoms with Gasteiger partial charge in [0.25, 0.3) is 0 Å². The lowest BCUT2D eigenvalue weighted by Gasteiger charge is -2.06. The lowest BCUT2D eigenvalue weighted by molar-refractivity contribution is 0.461. The predicted molar refractivity (Wildman–Crippen MR) is 92.3 cm³/mol. The van der Waals surface area contributed by atoms with Gasteiger partial charge < -0.3 is 10.2 Å². The van der Waals surface area contributed by atoms with Gasteiger partial charge in [0.15, 0.2) is 0 Å². The molecule has 1 aromatic heterocycles. The number of aromatic hydroxyl groups is 2. The number of benzene rings is 2. The number of phenols is 2. The molecule has 3 nitrogen and oxygen atoms in total. The summed E-state index contributed by atoms with van der Waals surface area (Å²) in [6, 6.07) is 9.46. The van der Waals surface area contributed by atoms with Gasteiger partial charge in [0.2, 0.25) is 0 Å². The van der Waals surface area contributed by atoms with Crippen molar-refractivity contribution >= 4 is 39.5 Å². The van der Waals surface area contributed by atoms with E-state index in [1.165, 1.54) is 0 Å². The van der Waals surface area contributed by atoms with E-state index in [0.717, 1.165) is 15.6 Å². The Hall–Kier alpha value is -2.33. The second-order valence-corrected chi connectivity index (χ2v) is 6.11. The smallest absolute Gasteiger partial charge is 0.149 e. The van der Waals surface area contributed by atoms with Gasteiger partial charge in [0, 0.05) is 26.5 Å². The Bertz CT molecular complexity index is 979. The number of aromatic nitrogens is 1. The summed E-state index contributed by atoms with van der Waals surface area (Å²) >= 11 is 3.39. The summed E-state index contributed by atoms with van der Waals surface area (Å²) in [5, 5.41) is 22.3. The summed E-state index contributed by atoms with van der Waals surface area (Å²) in [7, 11) is 0. The van der Waals surface area contributed by atoms with Gasteiger partial charge in [-0.25, -0.2) is 0 Å². The van der Waals surface area contributed by atoms with Gasteiger partial charge in [0.1, 0.15) is 17.0 Å². The number of fused-ring (bicyclic) bond motifs is 1. The molecule has 0 saturated carbocycles. The third-order valence-electron chi connectivity index (χ3n) is 3.55. The topological polar surface area (TPSA) is 53.4 Å². The van der Waals surface area contributed by atoms with Crippen LogP contribution in [0.1, 0.15) is 11.1 Å². The number of hydrogen-bond donors (Lipinski definition) is 2. The molecule has 0 spiro atoms.